The van der Waals surface area contributed by atoms with Gasteiger partial charge in [0.05, 0.1) is 0 Å². The number of nitrogens with one attached hydrogen (secondary N) is 1. The molecule has 0 radical (unpaired) electrons. The maximum Gasteiger partial charge on any atom is 0.220 e. The lowest BCUT2D eigenvalue weighted by molar-refractivity contribution is -0.121. The third-order valence-corrected chi connectivity index (χ3v) is 3.75. The van der Waals surface area contributed by atoms with Gasteiger partial charge < -0.3 is 10.7 Å². The molecule has 0 saturated heterocycles. The average Bonchev–Trinajstić information content (AvgIpc) is 2.82. The van der Waals surface area contributed by atoms with Crippen LogP contribution in [0.5, 0.6) is 0 Å². The van der Waals surface area contributed by atoms with Gasteiger partial charge in [0.15, 0.2) is 0 Å². The van der Waals surface area contributed by atoms with Crippen molar-refractivity contribution >= 4 is 22.4 Å². The summed E-state index contributed by atoms with van der Waals surface area (Å²) in [5.74, 6) is -0.164. The topological polar surface area (TPSA) is 58.9 Å². The van der Waals surface area contributed by atoms with E-state index in [1.807, 2.05) is 6.07 Å². The van der Waals surface area contributed by atoms with Crippen LogP contribution in [0.1, 0.15) is 24.8 Å². The summed E-state index contributed by atoms with van der Waals surface area (Å²) in [4.78, 5) is 14.4. The number of hydrogen-bond donors (Lipinski definition) is 2. The summed E-state index contributed by atoms with van der Waals surface area (Å²) in [6.45, 7) is 0. The Kier molecular flexibility index (Phi) is 2.67. The molecule has 0 saturated carbocycles. The van der Waals surface area contributed by atoms with Crippen LogP contribution in [0.4, 0.5) is 0 Å². The van der Waals surface area contributed by atoms with Crippen molar-refractivity contribution in [3.05, 3.63) is 42.1 Å². The molecule has 2 aromatic rings. The molecule has 1 aliphatic carbocycles. The van der Waals surface area contributed by atoms with Crippen LogP contribution in [-0.2, 0) is 4.79 Å². The second-order valence-electron chi connectivity index (χ2n) is 4.85. The SMILES string of the molecule is NC(=O)C1CC=C(c2c[nH]c3ccccc23)CC1. The largest absolute Gasteiger partial charge is 0.369 e. The van der Waals surface area contributed by atoms with Crippen LogP contribution >= 0.6 is 0 Å². The summed E-state index contributed by atoms with van der Waals surface area (Å²) in [5, 5.41) is 1.25. The highest BCUT2D eigenvalue weighted by Crippen LogP contribution is 2.33. The van der Waals surface area contributed by atoms with Crippen LogP contribution < -0.4 is 5.73 Å². The number of nitrogens with two attached hydrogens (primary N) is 1. The molecule has 0 fully saturated rings. The fourth-order valence-electron chi connectivity index (χ4n) is 2.67. The number of primary amides is 1. The van der Waals surface area contributed by atoms with Gasteiger partial charge in [-0.2, -0.15) is 0 Å². The van der Waals surface area contributed by atoms with Crippen molar-refractivity contribution in [3.63, 3.8) is 0 Å². The Morgan fingerprint density at radius 1 is 1.33 bits per heavy atom. The van der Waals surface area contributed by atoms with Gasteiger partial charge in [0.1, 0.15) is 0 Å². The third-order valence-electron chi connectivity index (χ3n) is 3.75. The van der Waals surface area contributed by atoms with Gasteiger partial charge in [-0.1, -0.05) is 24.3 Å². The van der Waals surface area contributed by atoms with Crippen LogP contribution in [0.15, 0.2) is 36.5 Å². The van der Waals surface area contributed by atoms with Gasteiger partial charge in [0.2, 0.25) is 5.91 Å². The van der Waals surface area contributed by atoms with E-state index in [0.717, 1.165) is 24.8 Å². The molecular formula is C15H16N2O. The molecule has 1 amide bonds. The summed E-state index contributed by atoms with van der Waals surface area (Å²) >= 11 is 0. The van der Waals surface area contributed by atoms with E-state index in [2.05, 4.69) is 35.5 Å². The second kappa shape index (κ2) is 4.33. The van der Waals surface area contributed by atoms with E-state index >= 15 is 0 Å². The Bertz CT molecular complexity index is 624. The molecule has 1 aromatic carbocycles. The number of allylic oxidation sites excluding steroid dienone is 2. The van der Waals surface area contributed by atoms with E-state index in [4.69, 9.17) is 5.73 Å². The van der Waals surface area contributed by atoms with E-state index in [-0.39, 0.29) is 11.8 Å². The molecule has 0 spiro atoms. The first kappa shape index (κ1) is 11.1. The zero-order valence-electron chi connectivity index (χ0n) is 10.1. The first-order valence-corrected chi connectivity index (χ1v) is 6.30. The van der Waals surface area contributed by atoms with Gasteiger partial charge in [-0.15, -0.1) is 0 Å². The highest BCUT2D eigenvalue weighted by Gasteiger charge is 2.20. The van der Waals surface area contributed by atoms with Gasteiger partial charge in [0.25, 0.3) is 0 Å². The number of hydrogen-bond acceptors (Lipinski definition) is 1. The smallest absolute Gasteiger partial charge is 0.220 e. The number of aromatic nitrogens is 1. The quantitative estimate of drug-likeness (QED) is 0.833. The number of H-pyrrole nitrogens is 1. The second-order valence-corrected chi connectivity index (χ2v) is 4.85. The molecule has 3 rings (SSSR count). The van der Waals surface area contributed by atoms with E-state index in [0.29, 0.717) is 0 Å². The van der Waals surface area contributed by atoms with Gasteiger partial charge in [0, 0.05) is 28.6 Å². The van der Waals surface area contributed by atoms with Gasteiger partial charge >= 0.3 is 0 Å². The first-order chi connectivity index (χ1) is 8.75. The van der Waals surface area contributed by atoms with Crippen LogP contribution in [-0.4, -0.2) is 10.9 Å². The fraction of sp³-hybridized carbons (Fsp3) is 0.267. The Hall–Kier alpha value is -2.03. The summed E-state index contributed by atoms with van der Waals surface area (Å²) in [6, 6.07) is 8.28. The third kappa shape index (κ3) is 1.82. The lowest BCUT2D eigenvalue weighted by Gasteiger charge is -2.18. The number of amides is 1. The molecule has 1 atom stereocenters. The highest BCUT2D eigenvalue weighted by molar-refractivity contribution is 5.93. The summed E-state index contributed by atoms with van der Waals surface area (Å²) in [5.41, 5.74) is 9.09. The maximum absolute atomic E-state index is 11.1. The minimum atomic E-state index is -0.177. The van der Waals surface area contributed by atoms with Crippen LogP contribution in [0.2, 0.25) is 0 Å². The first-order valence-electron chi connectivity index (χ1n) is 6.30. The molecule has 1 unspecified atom stereocenters. The van der Waals surface area contributed by atoms with Crippen molar-refractivity contribution in [2.24, 2.45) is 11.7 Å². The Morgan fingerprint density at radius 3 is 2.89 bits per heavy atom. The average molecular weight is 240 g/mol. The lowest BCUT2D eigenvalue weighted by Crippen LogP contribution is -2.24. The number of carbonyl (C=O) groups excluding carboxylic acids is 1. The van der Waals surface area contributed by atoms with E-state index in [9.17, 15) is 4.79 Å². The Labute approximate surface area is 106 Å². The van der Waals surface area contributed by atoms with Crippen LogP contribution in [0.3, 0.4) is 0 Å². The van der Waals surface area contributed by atoms with E-state index in [1.165, 1.54) is 16.5 Å². The number of rotatable bonds is 2. The predicted molar refractivity (Wildman–Crippen MR) is 72.8 cm³/mol. The molecule has 3 nitrogen and oxygen atoms in total. The standard InChI is InChI=1S/C15H16N2O/c16-15(18)11-7-5-10(6-8-11)13-9-17-14-4-2-1-3-12(13)14/h1-5,9,11,17H,6-8H2,(H2,16,18). The molecular weight excluding hydrogens is 224 g/mol. The molecule has 3 N–H and O–H groups in total. The minimum absolute atomic E-state index is 0.0129. The Balaban J connectivity index is 1.94. The monoisotopic (exact) mass is 240 g/mol. The number of benzene rings is 1. The predicted octanol–water partition coefficient (Wildman–Crippen LogP) is 2.84. The molecule has 1 aliphatic rings. The van der Waals surface area contributed by atoms with E-state index < -0.39 is 0 Å². The van der Waals surface area contributed by atoms with Gasteiger partial charge in [-0.25, -0.2) is 0 Å². The van der Waals surface area contributed by atoms with Crippen molar-refractivity contribution < 1.29 is 4.79 Å². The number of fused-ring (bicyclic) bond motifs is 1. The summed E-state index contributed by atoms with van der Waals surface area (Å²) in [7, 11) is 0. The fourth-order valence-corrected chi connectivity index (χ4v) is 2.67. The molecule has 0 aliphatic heterocycles. The van der Waals surface area contributed by atoms with Crippen molar-refractivity contribution in [1.82, 2.24) is 4.98 Å². The zero-order chi connectivity index (χ0) is 12.5. The van der Waals surface area contributed by atoms with Crippen molar-refractivity contribution in [3.8, 4) is 0 Å². The van der Waals surface area contributed by atoms with Crippen molar-refractivity contribution in [2.45, 2.75) is 19.3 Å². The molecule has 92 valence electrons. The molecule has 0 bridgehead atoms. The normalized spacial score (nSPS) is 19.8. The van der Waals surface area contributed by atoms with Crippen LogP contribution in [0.25, 0.3) is 16.5 Å². The van der Waals surface area contributed by atoms with Crippen molar-refractivity contribution in [1.29, 1.82) is 0 Å². The van der Waals surface area contributed by atoms with Gasteiger partial charge in [-0.05, 0) is 30.9 Å². The number of carbonyl (C=O) groups is 1. The molecule has 3 heteroatoms. The summed E-state index contributed by atoms with van der Waals surface area (Å²) in [6.07, 6.45) is 6.77. The summed E-state index contributed by atoms with van der Waals surface area (Å²) < 4.78 is 0. The van der Waals surface area contributed by atoms with Crippen LogP contribution in [0, 0.1) is 5.92 Å². The molecule has 1 aromatic heterocycles. The van der Waals surface area contributed by atoms with Gasteiger partial charge in [-0.3, -0.25) is 4.79 Å². The zero-order valence-corrected chi connectivity index (χ0v) is 10.1. The minimum Gasteiger partial charge on any atom is -0.369 e. The van der Waals surface area contributed by atoms with E-state index in [1.54, 1.807) is 0 Å². The van der Waals surface area contributed by atoms with Crippen molar-refractivity contribution in [2.75, 3.05) is 0 Å². The molecule has 18 heavy (non-hydrogen) atoms. The number of aromatic amines is 1. The highest BCUT2D eigenvalue weighted by atomic mass is 16.1. The Morgan fingerprint density at radius 2 is 2.17 bits per heavy atom. The lowest BCUT2D eigenvalue weighted by atomic mass is 9.86. The number of para-hydroxylation sites is 1. The maximum atomic E-state index is 11.1. The molecule has 1 heterocycles.